The molecule has 96 valence electrons. The van der Waals surface area contributed by atoms with Gasteiger partial charge in [0.1, 0.15) is 0 Å². The summed E-state index contributed by atoms with van der Waals surface area (Å²) in [6.07, 6.45) is -5.05. The van der Waals surface area contributed by atoms with Crippen molar-refractivity contribution in [3.05, 3.63) is 0 Å². The number of carboxylic acid groups (broad SMARTS) is 1. The van der Waals surface area contributed by atoms with Crippen molar-refractivity contribution in [1.29, 1.82) is 0 Å². The maximum Gasteiger partial charge on any atom is 0.392 e. The average molecular weight is 241 g/mol. The van der Waals surface area contributed by atoms with Crippen LogP contribution in [0.15, 0.2) is 0 Å². The first-order valence-corrected chi connectivity index (χ1v) is 5.22. The highest BCUT2D eigenvalue weighted by atomic mass is 19.4. The molecule has 0 saturated heterocycles. The Morgan fingerprint density at radius 2 is 1.94 bits per heavy atom. The van der Waals surface area contributed by atoms with Crippen LogP contribution in [-0.4, -0.2) is 23.3 Å². The van der Waals surface area contributed by atoms with Crippen LogP contribution in [0.3, 0.4) is 0 Å². The largest absolute Gasteiger partial charge is 0.481 e. The van der Waals surface area contributed by atoms with E-state index in [4.69, 9.17) is 10.8 Å². The van der Waals surface area contributed by atoms with Gasteiger partial charge in [0.25, 0.3) is 0 Å². The minimum absolute atomic E-state index is 0.0429. The van der Waals surface area contributed by atoms with E-state index >= 15 is 0 Å². The van der Waals surface area contributed by atoms with Gasteiger partial charge in [0.15, 0.2) is 0 Å². The van der Waals surface area contributed by atoms with Crippen molar-refractivity contribution >= 4 is 5.97 Å². The third-order valence-electron chi connectivity index (χ3n) is 2.82. The van der Waals surface area contributed by atoms with Gasteiger partial charge in [0.05, 0.1) is 12.3 Å². The van der Waals surface area contributed by atoms with Crippen LogP contribution in [0.2, 0.25) is 0 Å². The van der Waals surface area contributed by atoms with Gasteiger partial charge in [-0.2, -0.15) is 13.2 Å². The Morgan fingerprint density at radius 1 is 1.44 bits per heavy atom. The van der Waals surface area contributed by atoms with Gasteiger partial charge in [-0.05, 0) is 12.3 Å². The molecule has 0 amide bonds. The smallest absolute Gasteiger partial charge is 0.392 e. The molecule has 16 heavy (non-hydrogen) atoms. The lowest BCUT2D eigenvalue weighted by Gasteiger charge is -2.25. The average Bonchev–Trinajstić information content (AvgIpc) is 2.13. The fourth-order valence-corrected chi connectivity index (χ4v) is 1.41. The summed E-state index contributed by atoms with van der Waals surface area (Å²) < 4.78 is 37.5. The van der Waals surface area contributed by atoms with E-state index in [2.05, 4.69) is 0 Å². The number of halogens is 3. The SMILES string of the molecule is CC[C@H](C)[C@@H](N)C[C@@H](CC(=O)O)C(F)(F)F. The van der Waals surface area contributed by atoms with Crippen molar-refractivity contribution in [3.63, 3.8) is 0 Å². The third-order valence-corrected chi connectivity index (χ3v) is 2.82. The van der Waals surface area contributed by atoms with Crippen molar-refractivity contribution in [2.24, 2.45) is 17.6 Å². The lowest BCUT2D eigenvalue weighted by Crippen LogP contribution is -2.36. The van der Waals surface area contributed by atoms with Crippen LogP contribution < -0.4 is 5.73 Å². The Hall–Kier alpha value is -0.780. The maximum atomic E-state index is 12.5. The van der Waals surface area contributed by atoms with Gasteiger partial charge in [0, 0.05) is 6.04 Å². The highest BCUT2D eigenvalue weighted by Gasteiger charge is 2.41. The number of hydrogen-bond acceptors (Lipinski definition) is 2. The van der Waals surface area contributed by atoms with E-state index in [0.717, 1.165) is 0 Å². The van der Waals surface area contributed by atoms with Crippen LogP contribution >= 0.6 is 0 Å². The lowest BCUT2D eigenvalue weighted by atomic mass is 9.88. The molecule has 0 aromatic rings. The van der Waals surface area contributed by atoms with E-state index in [1.807, 2.05) is 6.92 Å². The number of nitrogens with two attached hydrogens (primary N) is 1. The number of hydrogen-bond donors (Lipinski definition) is 2. The summed E-state index contributed by atoms with van der Waals surface area (Å²) in [5, 5.41) is 8.42. The second kappa shape index (κ2) is 6.08. The molecule has 0 bridgehead atoms. The Balaban J connectivity index is 4.49. The van der Waals surface area contributed by atoms with E-state index in [-0.39, 0.29) is 12.3 Å². The molecule has 0 aliphatic carbocycles. The Labute approximate surface area is 92.8 Å². The molecule has 0 saturated carbocycles. The summed E-state index contributed by atoms with van der Waals surface area (Å²) in [4.78, 5) is 10.3. The lowest BCUT2D eigenvalue weighted by molar-refractivity contribution is -0.185. The summed E-state index contributed by atoms with van der Waals surface area (Å²) in [6.45, 7) is 3.60. The predicted octanol–water partition coefficient (Wildman–Crippen LogP) is 2.40. The van der Waals surface area contributed by atoms with Crippen molar-refractivity contribution in [2.75, 3.05) is 0 Å². The molecule has 0 radical (unpaired) electrons. The zero-order valence-corrected chi connectivity index (χ0v) is 9.42. The molecule has 3 N–H and O–H groups in total. The van der Waals surface area contributed by atoms with Gasteiger partial charge in [-0.3, -0.25) is 4.79 Å². The van der Waals surface area contributed by atoms with Crippen LogP contribution in [0.4, 0.5) is 13.2 Å². The topological polar surface area (TPSA) is 63.3 Å². The zero-order chi connectivity index (χ0) is 12.9. The van der Waals surface area contributed by atoms with Crippen LogP contribution in [0.1, 0.15) is 33.1 Å². The maximum absolute atomic E-state index is 12.5. The van der Waals surface area contributed by atoms with E-state index in [1.165, 1.54) is 0 Å². The van der Waals surface area contributed by atoms with Crippen LogP contribution in [0, 0.1) is 11.8 Å². The van der Waals surface area contributed by atoms with Crippen molar-refractivity contribution in [2.45, 2.75) is 45.3 Å². The van der Waals surface area contributed by atoms with Crippen molar-refractivity contribution in [1.82, 2.24) is 0 Å². The first-order valence-electron chi connectivity index (χ1n) is 5.22. The molecule has 0 spiro atoms. The van der Waals surface area contributed by atoms with Crippen LogP contribution in [0.5, 0.6) is 0 Å². The standard InChI is InChI=1S/C10H18F3NO2/c1-3-6(2)8(14)4-7(5-9(15)16)10(11,12)13/h6-8H,3-5,14H2,1-2H3,(H,15,16)/t6-,7-,8-/m0/s1. The first-order chi connectivity index (χ1) is 7.18. The summed E-state index contributed by atoms with van der Waals surface area (Å²) >= 11 is 0. The molecule has 0 aromatic heterocycles. The monoisotopic (exact) mass is 241 g/mol. The minimum atomic E-state index is -4.50. The third kappa shape index (κ3) is 5.34. The van der Waals surface area contributed by atoms with E-state index in [1.54, 1.807) is 6.92 Å². The van der Waals surface area contributed by atoms with Crippen LogP contribution in [-0.2, 0) is 4.79 Å². The molecule has 0 aliphatic heterocycles. The quantitative estimate of drug-likeness (QED) is 0.750. The summed E-state index contributed by atoms with van der Waals surface area (Å²) in [5.74, 6) is -3.34. The normalized spacial score (nSPS) is 17.9. The number of rotatable bonds is 6. The second-order valence-electron chi connectivity index (χ2n) is 4.12. The molecule has 0 unspecified atom stereocenters. The number of alkyl halides is 3. The molecular formula is C10H18F3NO2. The predicted molar refractivity (Wildman–Crippen MR) is 53.8 cm³/mol. The van der Waals surface area contributed by atoms with E-state index in [0.29, 0.717) is 6.42 Å². The molecule has 3 nitrogen and oxygen atoms in total. The molecule has 3 atom stereocenters. The van der Waals surface area contributed by atoms with Gasteiger partial charge in [-0.25, -0.2) is 0 Å². The van der Waals surface area contributed by atoms with Gasteiger partial charge in [-0.1, -0.05) is 20.3 Å². The van der Waals surface area contributed by atoms with Gasteiger partial charge >= 0.3 is 12.1 Å². The summed E-state index contributed by atoms with van der Waals surface area (Å²) in [7, 11) is 0. The van der Waals surface area contributed by atoms with Crippen molar-refractivity contribution in [3.8, 4) is 0 Å². The molecule has 0 fully saturated rings. The van der Waals surface area contributed by atoms with Gasteiger partial charge < -0.3 is 10.8 Å². The molecule has 0 heterocycles. The molecule has 0 aromatic carbocycles. The first kappa shape index (κ1) is 15.2. The number of carbonyl (C=O) groups is 1. The Bertz CT molecular complexity index is 231. The van der Waals surface area contributed by atoms with Gasteiger partial charge in [0.2, 0.25) is 0 Å². The molecule has 0 rings (SSSR count). The summed E-state index contributed by atoms with van der Waals surface area (Å²) in [5.41, 5.74) is 5.61. The second-order valence-corrected chi connectivity index (χ2v) is 4.12. The number of aliphatic carboxylic acids is 1. The molecular weight excluding hydrogens is 223 g/mol. The van der Waals surface area contributed by atoms with Gasteiger partial charge in [-0.15, -0.1) is 0 Å². The number of carboxylic acids is 1. The highest BCUT2D eigenvalue weighted by molar-refractivity contribution is 5.67. The molecule has 0 aliphatic rings. The van der Waals surface area contributed by atoms with Crippen LogP contribution in [0.25, 0.3) is 0 Å². The Morgan fingerprint density at radius 3 is 2.25 bits per heavy atom. The zero-order valence-electron chi connectivity index (χ0n) is 9.42. The minimum Gasteiger partial charge on any atom is -0.481 e. The summed E-state index contributed by atoms with van der Waals surface area (Å²) in [6, 6.07) is -0.615. The Kier molecular flexibility index (Phi) is 5.78. The highest BCUT2D eigenvalue weighted by Crippen LogP contribution is 2.33. The van der Waals surface area contributed by atoms with E-state index in [9.17, 15) is 18.0 Å². The van der Waals surface area contributed by atoms with E-state index < -0.39 is 30.5 Å². The van der Waals surface area contributed by atoms with Crippen molar-refractivity contribution < 1.29 is 23.1 Å². The fraction of sp³-hybridized carbons (Fsp3) is 0.900. The fourth-order valence-electron chi connectivity index (χ4n) is 1.41. The molecule has 6 heteroatoms.